The molecular formula is C38H50N4O6. The number of rotatable bonds is 18. The normalized spacial score (nSPS) is 14.3. The van der Waals surface area contributed by atoms with Gasteiger partial charge in [0.1, 0.15) is 24.7 Å². The van der Waals surface area contributed by atoms with E-state index < -0.39 is 54.0 Å². The highest BCUT2D eigenvalue weighted by Gasteiger charge is 2.34. The molecule has 3 aromatic carbocycles. The number of carbonyl (C=O) groups is 4. The van der Waals surface area contributed by atoms with Crippen molar-refractivity contribution in [2.75, 3.05) is 0 Å². The lowest BCUT2D eigenvalue weighted by Crippen LogP contribution is -2.61. The van der Waals surface area contributed by atoms with E-state index >= 15 is 0 Å². The Morgan fingerprint density at radius 3 is 1.67 bits per heavy atom. The molecule has 0 saturated heterocycles. The summed E-state index contributed by atoms with van der Waals surface area (Å²) in [5.41, 5.74) is 8.63. The van der Waals surface area contributed by atoms with Gasteiger partial charge in [0.2, 0.25) is 17.7 Å². The Bertz CT molecular complexity index is 1440. The maximum Gasteiger partial charge on any atom is 0.318 e. The van der Waals surface area contributed by atoms with Gasteiger partial charge in [-0.2, -0.15) is 0 Å². The van der Waals surface area contributed by atoms with Crippen LogP contribution in [0, 0.1) is 17.8 Å². The molecule has 5 atom stereocenters. The predicted octanol–water partition coefficient (Wildman–Crippen LogP) is 4.27. The zero-order valence-corrected chi connectivity index (χ0v) is 28.6. The second-order valence-corrected chi connectivity index (χ2v) is 12.8. The summed E-state index contributed by atoms with van der Waals surface area (Å²) in [5.74, 6) is -3.55. The zero-order valence-electron chi connectivity index (χ0n) is 28.6. The van der Waals surface area contributed by atoms with Crippen molar-refractivity contribution in [3.63, 3.8) is 0 Å². The molecule has 0 aliphatic rings. The molecule has 1 unspecified atom stereocenters. The standard InChI is InChI=1S/C38H50N4O6/c1-25(2)21-31(38(46)48-24-30-19-13-8-14-20-30)35(43)41-34(27(5)47-23-29-17-11-7-12-18-29)42-36(44)32(22-28-15-9-6-10-16-28)40-37(45)33(39)26(3)4/h6-20,25-27,31-34H,21-24,39H2,1-5H3,(H,40,45)(H,41,43)(H,42,44)/t27-,31?,32+,33+,34+/m1/s1. The number of nitrogens with two attached hydrogens (primary N) is 1. The molecule has 258 valence electrons. The van der Waals surface area contributed by atoms with Crippen LogP contribution in [0.1, 0.15) is 57.7 Å². The van der Waals surface area contributed by atoms with Gasteiger partial charge in [-0.1, -0.05) is 119 Å². The fourth-order valence-corrected chi connectivity index (χ4v) is 4.92. The van der Waals surface area contributed by atoms with Crippen molar-refractivity contribution < 1.29 is 28.7 Å². The molecule has 0 saturated carbocycles. The molecule has 0 heterocycles. The van der Waals surface area contributed by atoms with Gasteiger partial charge in [0, 0.05) is 6.42 Å². The largest absolute Gasteiger partial charge is 0.460 e. The van der Waals surface area contributed by atoms with E-state index in [2.05, 4.69) is 16.0 Å². The lowest BCUT2D eigenvalue weighted by molar-refractivity contribution is -0.155. The minimum Gasteiger partial charge on any atom is -0.460 e. The van der Waals surface area contributed by atoms with Crippen LogP contribution in [0.3, 0.4) is 0 Å². The third-order valence-electron chi connectivity index (χ3n) is 7.89. The molecule has 0 aromatic heterocycles. The minimum atomic E-state index is -1.13. The Hall–Kier alpha value is -4.54. The molecule has 0 aliphatic carbocycles. The van der Waals surface area contributed by atoms with Crippen molar-refractivity contribution in [3.05, 3.63) is 108 Å². The number of ether oxygens (including phenoxy) is 2. The highest BCUT2D eigenvalue weighted by atomic mass is 16.5. The van der Waals surface area contributed by atoms with Gasteiger partial charge in [-0.05, 0) is 41.9 Å². The van der Waals surface area contributed by atoms with E-state index in [1.807, 2.05) is 119 Å². The monoisotopic (exact) mass is 658 g/mol. The van der Waals surface area contributed by atoms with E-state index in [0.717, 1.165) is 16.7 Å². The third kappa shape index (κ3) is 12.6. The van der Waals surface area contributed by atoms with Gasteiger partial charge < -0.3 is 31.2 Å². The summed E-state index contributed by atoms with van der Waals surface area (Å²) in [5, 5.41) is 8.52. The molecule has 0 radical (unpaired) electrons. The van der Waals surface area contributed by atoms with Gasteiger partial charge in [0.15, 0.2) is 0 Å². The first-order valence-corrected chi connectivity index (χ1v) is 16.5. The molecule has 5 N–H and O–H groups in total. The van der Waals surface area contributed by atoms with Crippen molar-refractivity contribution in [2.24, 2.45) is 23.5 Å². The van der Waals surface area contributed by atoms with Gasteiger partial charge >= 0.3 is 5.97 Å². The highest BCUT2D eigenvalue weighted by Crippen LogP contribution is 2.17. The number of benzene rings is 3. The van der Waals surface area contributed by atoms with Crippen molar-refractivity contribution >= 4 is 23.7 Å². The molecule has 3 amide bonds. The molecule has 0 bridgehead atoms. The summed E-state index contributed by atoms with van der Waals surface area (Å²) in [6, 6.07) is 26.2. The fourth-order valence-electron chi connectivity index (χ4n) is 4.92. The van der Waals surface area contributed by atoms with Crippen LogP contribution < -0.4 is 21.7 Å². The molecule has 0 fully saturated rings. The summed E-state index contributed by atoms with van der Waals surface area (Å²) >= 11 is 0. The van der Waals surface area contributed by atoms with Gasteiger partial charge in [0.25, 0.3) is 0 Å². The van der Waals surface area contributed by atoms with Crippen molar-refractivity contribution in [1.29, 1.82) is 0 Å². The summed E-state index contributed by atoms with van der Waals surface area (Å²) in [6.45, 7) is 9.43. The topological polar surface area (TPSA) is 149 Å². The van der Waals surface area contributed by atoms with Gasteiger partial charge in [-0.15, -0.1) is 0 Å². The Balaban J connectivity index is 1.84. The van der Waals surface area contributed by atoms with Crippen LogP contribution in [-0.4, -0.2) is 48.0 Å². The third-order valence-corrected chi connectivity index (χ3v) is 7.89. The van der Waals surface area contributed by atoms with Gasteiger partial charge in [-0.3, -0.25) is 19.2 Å². The molecule has 10 nitrogen and oxygen atoms in total. The molecule has 0 aliphatic heterocycles. The Morgan fingerprint density at radius 1 is 0.646 bits per heavy atom. The molecule has 3 rings (SSSR count). The first-order valence-electron chi connectivity index (χ1n) is 16.5. The maximum atomic E-state index is 13.9. The predicted molar refractivity (Wildman–Crippen MR) is 185 cm³/mol. The molecule has 0 spiro atoms. The first kappa shape index (κ1) is 37.9. The average Bonchev–Trinajstić information content (AvgIpc) is 3.08. The van der Waals surface area contributed by atoms with Crippen LogP contribution in [0.2, 0.25) is 0 Å². The SMILES string of the molecule is CC(C)CC(C(=O)N[C@@H](NC(=O)[C@H](Cc1ccccc1)NC(=O)[C@@H](N)C(C)C)[C@@H](C)OCc1ccccc1)C(=O)OCc1ccccc1. The quantitative estimate of drug-likeness (QED) is 0.0907. The Labute approximate surface area is 284 Å². The number of hydrogen-bond donors (Lipinski definition) is 4. The summed E-state index contributed by atoms with van der Waals surface area (Å²) < 4.78 is 11.7. The summed E-state index contributed by atoms with van der Waals surface area (Å²) in [4.78, 5) is 54.0. The number of esters is 1. The van der Waals surface area contributed by atoms with Crippen molar-refractivity contribution in [2.45, 2.75) is 85.0 Å². The average molecular weight is 659 g/mol. The molecule has 10 heteroatoms. The van der Waals surface area contributed by atoms with E-state index in [0.29, 0.717) is 0 Å². The van der Waals surface area contributed by atoms with E-state index in [4.69, 9.17) is 15.2 Å². The van der Waals surface area contributed by atoms with Crippen LogP contribution >= 0.6 is 0 Å². The highest BCUT2D eigenvalue weighted by molar-refractivity contribution is 5.98. The minimum absolute atomic E-state index is 0.000418. The summed E-state index contributed by atoms with van der Waals surface area (Å²) in [6.07, 6.45) is -1.37. The molecule has 3 aromatic rings. The lowest BCUT2D eigenvalue weighted by Gasteiger charge is -2.30. The zero-order chi connectivity index (χ0) is 35.1. The van der Waals surface area contributed by atoms with Crippen LogP contribution in [-0.2, 0) is 48.3 Å². The van der Waals surface area contributed by atoms with Gasteiger partial charge in [0.05, 0.1) is 18.8 Å². The second-order valence-electron chi connectivity index (χ2n) is 12.8. The van der Waals surface area contributed by atoms with Crippen LogP contribution in [0.5, 0.6) is 0 Å². The maximum absolute atomic E-state index is 13.9. The van der Waals surface area contributed by atoms with Crippen LogP contribution in [0.15, 0.2) is 91.0 Å². The lowest BCUT2D eigenvalue weighted by atomic mass is 9.96. The first-order chi connectivity index (χ1) is 22.9. The summed E-state index contributed by atoms with van der Waals surface area (Å²) in [7, 11) is 0. The van der Waals surface area contributed by atoms with Crippen molar-refractivity contribution in [3.8, 4) is 0 Å². The Morgan fingerprint density at radius 2 is 1.15 bits per heavy atom. The number of hydrogen-bond acceptors (Lipinski definition) is 7. The second kappa shape index (κ2) is 19.3. The van der Waals surface area contributed by atoms with E-state index in [9.17, 15) is 19.2 Å². The van der Waals surface area contributed by atoms with E-state index in [1.54, 1.807) is 6.92 Å². The smallest absolute Gasteiger partial charge is 0.318 e. The fraction of sp³-hybridized carbons (Fsp3) is 0.421. The molecule has 48 heavy (non-hydrogen) atoms. The Kier molecular flexibility index (Phi) is 15.3. The molecular weight excluding hydrogens is 608 g/mol. The number of amides is 3. The van der Waals surface area contributed by atoms with Crippen molar-refractivity contribution in [1.82, 2.24) is 16.0 Å². The van der Waals surface area contributed by atoms with Crippen LogP contribution in [0.25, 0.3) is 0 Å². The number of carbonyl (C=O) groups excluding carboxylic acids is 4. The number of nitrogens with one attached hydrogen (secondary N) is 3. The van der Waals surface area contributed by atoms with E-state index in [1.165, 1.54) is 0 Å². The van der Waals surface area contributed by atoms with Crippen LogP contribution in [0.4, 0.5) is 0 Å². The van der Waals surface area contributed by atoms with E-state index in [-0.39, 0.29) is 37.9 Å². The van der Waals surface area contributed by atoms with Gasteiger partial charge in [-0.25, -0.2) is 0 Å².